The lowest BCUT2D eigenvalue weighted by atomic mass is 10.0. The molecule has 14 aromatic rings. The van der Waals surface area contributed by atoms with E-state index in [1.54, 1.807) is 0 Å². The van der Waals surface area contributed by atoms with Crippen LogP contribution in [0.4, 0.5) is 0 Å². The van der Waals surface area contributed by atoms with Gasteiger partial charge in [0, 0.05) is 43.4 Å². The lowest BCUT2D eigenvalue weighted by Crippen LogP contribution is -2.04. The zero-order chi connectivity index (χ0) is 42.6. The Morgan fingerprint density at radius 1 is 0.308 bits per heavy atom. The Kier molecular flexibility index (Phi) is 7.62. The van der Waals surface area contributed by atoms with Crippen LogP contribution in [-0.2, 0) is 0 Å². The first kappa shape index (κ1) is 35.8. The van der Waals surface area contributed by atoms with E-state index in [0.717, 1.165) is 94.1 Å². The van der Waals surface area contributed by atoms with E-state index in [2.05, 4.69) is 215 Å². The average molecular weight is 829 g/mol. The summed E-state index contributed by atoms with van der Waals surface area (Å²) in [5.41, 5.74) is 13.3. The molecule has 0 aliphatic rings. The lowest BCUT2D eigenvalue weighted by Gasteiger charge is -2.13. The fourth-order valence-corrected chi connectivity index (χ4v) is 10.2. The van der Waals surface area contributed by atoms with Crippen molar-refractivity contribution >= 4 is 87.1 Å². The first-order valence-electron chi connectivity index (χ1n) is 22.1. The van der Waals surface area contributed by atoms with Crippen molar-refractivity contribution in [3.8, 4) is 45.3 Å². The normalized spacial score (nSPS) is 12.0. The quantitative estimate of drug-likeness (QED) is 0.174. The highest BCUT2D eigenvalue weighted by Crippen LogP contribution is 2.41. The molecule has 0 aliphatic carbocycles. The Balaban J connectivity index is 0.947. The molecule has 0 saturated carbocycles. The maximum atomic E-state index is 6.57. The summed E-state index contributed by atoms with van der Waals surface area (Å²) >= 11 is 0. The summed E-state index contributed by atoms with van der Waals surface area (Å²) in [4.78, 5) is 10.8. The maximum Gasteiger partial charge on any atom is 0.235 e. The van der Waals surface area contributed by atoms with Gasteiger partial charge in [0.1, 0.15) is 5.58 Å². The van der Waals surface area contributed by atoms with Crippen molar-refractivity contribution in [3.63, 3.8) is 0 Å². The molecule has 65 heavy (non-hydrogen) atoms. The highest BCUT2D eigenvalue weighted by molar-refractivity contribution is 6.14. The molecule has 4 heterocycles. The highest BCUT2D eigenvalue weighted by Gasteiger charge is 2.21. The molecule has 0 N–H and O–H groups in total. The number of hydrogen-bond acceptors (Lipinski definition) is 3. The van der Waals surface area contributed by atoms with Crippen LogP contribution in [0.1, 0.15) is 0 Å². The minimum absolute atomic E-state index is 0.631. The smallest absolute Gasteiger partial charge is 0.235 e. The van der Waals surface area contributed by atoms with Gasteiger partial charge in [-0.1, -0.05) is 152 Å². The first-order chi connectivity index (χ1) is 32.2. The van der Waals surface area contributed by atoms with Crippen LogP contribution in [-0.4, -0.2) is 19.1 Å². The molecular formula is C60H36N4O. The minimum Gasteiger partial charge on any atom is -0.454 e. The van der Waals surface area contributed by atoms with E-state index in [1.165, 1.54) is 32.3 Å². The summed E-state index contributed by atoms with van der Waals surface area (Å²) in [5, 5.41) is 11.7. The van der Waals surface area contributed by atoms with Crippen LogP contribution < -0.4 is 0 Å². The molecule has 5 nitrogen and oxygen atoms in total. The molecule has 0 bridgehead atoms. The van der Waals surface area contributed by atoms with Crippen molar-refractivity contribution in [1.82, 2.24) is 19.1 Å². The Bertz CT molecular complexity index is 4170. The molecule has 0 radical (unpaired) electrons. The molecule has 0 unspecified atom stereocenters. The van der Waals surface area contributed by atoms with Crippen LogP contribution in [0.15, 0.2) is 223 Å². The average Bonchev–Trinajstić information content (AvgIpc) is 4.03. The number of fused-ring (bicyclic) bond motifs is 11. The Morgan fingerprint density at radius 3 is 1.42 bits per heavy atom. The van der Waals surface area contributed by atoms with Gasteiger partial charge in [0.15, 0.2) is 5.58 Å². The maximum absolute atomic E-state index is 6.57. The molecule has 10 aromatic carbocycles. The van der Waals surface area contributed by atoms with Crippen LogP contribution in [0.3, 0.4) is 0 Å². The van der Waals surface area contributed by atoms with E-state index in [0.29, 0.717) is 5.95 Å². The van der Waals surface area contributed by atoms with Crippen LogP contribution in [0.5, 0.6) is 0 Å². The molecule has 0 saturated heterocycles. The Hall–Kier alpha value is -8.80. The van der Waals surface area contributed by atoms with Gasteiger partial charge in [0.2, 0.25) is 5.95 Å². The third-order valence-electron chi connectivity index (χ3n) is 13.3. The second-order valence-corrected chi connectivity index (χ2v) is 17.0. The standard InChI is InChI=1S/C60H36N4O/c1-3-14-39-32-43(26-24-37(39)12-1)51-36-52(44-27-25-38-13-2-4-15-40(38)33-44)62-60(61-51)64-54-21-9-6-17-46(54)50-35-42(29-31-56(50)64)41-28-30-55-49(34-41)45-16-5-8-20-53(45)63(55)57-22-11-19-48-47-18-7-10-23-58(47)65-59(48)57/h1-36H. The van der Waals surface area contributed by atoms with Crippen molar-refractivity contribution < 1.29 is 4.42 Å². The van der Waals surface area contributed by atoms with E-state index in [1.807, 2.05) is 12.1 Å². The fraction of sp³-hybridized carbons (Fsp3) is 0. The predicted molar refractivity (Wildman–Crippen MR) is 269 cm³/mol. The number of aromatic nitrogens is 4. The molecule has 0 fully saturated rings. The number of para-hydroxylation sites is 4. The molecule has 0 atom stereocenters. The van der Waals surface area contributed by atoms with Gasteiger partial charge in [0.25, 0.3) is 0 Å². The molecule has 0 amide bonds. The van der Waals surface area contributed by atoms with Crippen molar-refractivity contribution in [2.75, 3.05) is 0 Å². The molecule has 4 aromatic heterocycles. The highest BCUT2D eigenvalue weighted by atomic mass is 16.3. The van der Waals surface area contributed by atoms with Gasteiger partial charge in [-0.3, -0.25) is 4.57 Å². The monoisotopic (exact) mass is 828 g/mol. The van der Waals surface area contributed by atoms with Crippen LogP contribution >= 0.6 is 0 Å². The number of nitrogens with zero attached hydrogens (tertiary/aromatic N) is 4. The minimum atomic E-state index is 0.631. The van der Waals surface area contributed by atoms with Crippen molar-refractivity contribution in [1.29, 1.82) is 0 Å². The molecule has 0 aliphatic heterocycles. The molecule has 302 valence electrons. The summed E-state index contributed by atoms with van der Waals surface area (Å²) in [6.07, 6.45) is 0. The third kappa shape index (κ3) is 5.52. The molecule has 14 rings (SSSR count). The van der Waals surface area contributed by atoms with E-state index in [4.69, 9.17) is 14.4 Å². The molecule has 5 heteroatoms. The van der Waals surface area contributed by atoms with Gasteiger partial charge in [0.05, 0.1) is 39.1 Å². The van der Waals surface area contributed by atoms with Crippen LogP contribution in [0.2, 0.25) is 0 Å². The predicted octanol–water partition coefficient (Wildman–Crippen LogP) is 15.9. The first-order valence-corrected chi connectivity index (χ1v) is 22.1. The zero-order valence-electron chi connectivity index (χ0n) is 35.0. The van der Waals surface area contributed by atoms with Crippen molar-refractivity contribution in [3.05, 3.63) is 218 Å². The van der Waals surface area contributed by atoms with Gasteiger partial charge in [-0.15, -0.1) is 0 Å². The lowest BCUT2D eigenvalue weighted by molar-refractivity contribution is 0.666. The van der Waals surface area contributed by atoms with E-state index in [9.17, 15) is 0 Å². The second-order valence-electron chi connectivity index (χ2n) is 17.0. The topological polar surface area (TPSA) is 48.8 Å². The number of furan rings is 1. The number of benzene rings is 10. The largest absolute Gasteiger partial charge is 0.454 e. The Morgan fingerprint density at radius 2 is 0.785 bits per heavy atom. The van der Waals surface area contributed by atoms with Crippen molar-refractivity contribution in [2.24, 2.45) is 0 Å². The third-order valence-corrected chi connectivity index (χ3v) is 13.3. The van der Waals surface area contributed by atoms with E-state index >= 15 is 0 Å². The van der Waals surface area contributed by atoms with Gasteiger partial charge < -0.3 is 8.98 Å². The SMILES string of the molecule is c1ccc2cc(-c3cc(-c4ccc5ccccc5c4)nc(-n4c5ccccc5c5cc(-c6ccc7c(c6)c6ccccc6n7-c6cccc7c6oc6ccccc67)ccc54)n3)ccc2c1. The summed E-state index contributed by atoms with van der Waals surface area (Å²) in [6.45, 7) is 0. The van der Waals surface area contributed by atoms with Gasteiger partial charge in [-0.2, -0.15) is 0 Å². The zero-order valence-corrected chi connectivity index (χ0v) is 35.0. The number of rotatable bonds is 5. The van der Waals surface area contributed by atoms with Crippen molar-refractivity contribution in [2.45, 2.75) is 0 Å². The van der Waals surface area contributed by atoms with Gasteiger partial charge in [-0.05, 0) is 99.4 Å². The van der Waals surface area contributed by atoms with Crippen LogP contribution in [0, 0.1) is 0 Å². The summed E-state index contributed by atoms with van der Waals surface area (Å²) in [6, 6.07) is 78.0. The fourth-order valence-electron chi connectivity index (χ4n) is 10.2. The van der Waals surface area contributed by atoms with Gasteiger partial charge >= 0.3 is 0 Å². The Labute approximate surface area is 372 Å². The second kappa shape index (κ2) is 13.9. The molecule has 0 spiro atoms. The van der Waals surface area contributed by atoms with E-state index < -0.39 is 0 Å². The van der Waals surface area contributed by atoms with Crippen LogP contribution in [0.25, 0.3) is 132 Å². The summed E-state index contributed by atoms with van der Waals surface area (Å²) < 4.78 is 11.2. The van der Waals surface area contributed by atoms with Gasteiger partial charge in [-0.25, -0.2) is 9.97 Å². The van der Waals surface area contributed by atoms with E-state index in [-0.39, 0.29) is 0 Å². The number of hydrogen-bond donors (Lipinski definition) is 0. The summed E-state index contributed by atoms with van der Waals surface area (Å²) in [7, 11) is 0. The summed E-state index contributed by atoms with van der Waals surface area (Å²) in [5.74, 6) is 0.631. The molecular weight excluding hydrogens is 793 g/mol.